The Hall–Kier alpha value is -1.76. The number of cyclic esters (lactones) is 1. The van der Waals surface area contributed by atoms with Crippen molar-refractivity contribution < 1.29 is 27.8 Å². The van der Waals surface area contributed by atoms with Crippen molar-refractivity contribution in [2.45, 2.75) is 18.9 Å². The van der Waals surface area contributed by atoms with Crippen LogP contribution in [0.1, 0.15) is 18.5 Å². The maximum atomic E-state index is 13.8. The van der Waals surface area contributed by atoms with Crippen LogP contribution in [0.5, 0.6) is 11.5 Å². The average Bonchev–Trinajstić information content (AvgIpc) is 2.42. The van der Waals surface area contributed by atoms with E-state index in [9.17, 15) is 13.6 Å². The molecule has 2 rings (SSSR count). The van der Waals surface area contributed by atoms with Gasteiger partial charge in [-0.1, -0.05) is 6.07 Å². The van der Waals surface area contributed by atoms with E-state index in [1.807, 2.05) is 0 Å². The fourth-order valence-electron chi connectivity index (χ4n) is 1.98. The number of alkyl halides is 2. The van der Waals surface area contributed by atoms with Crippen molar-refractivity contribution in [1.29, 1.82) is 0 Å². The van der Waals surface area contributed by atoms with Crippen LogP contribution in [-0.2, 0) is 4.74 Å². The Kier molecular flexibility index (Phi) is 5.60. The van der Waals surface area contributed by atoms with Gasteiger partial charge >= 0.3 is 12.0 Å². The number of ether oxygens (including phenoxy) is 3. The minimum absolute atomic E-state index is 0. The van der Waals surface area contributed by atoms with E-state index in [1.54, 1.807) is 6.92 Å². The number of halogens is 3. The van der Waals surface area contributed by atoms with Gasteiger partial charge in [0.2, 0.25) is 0 Å². The largest absolute Gasteiger partial charge is 0.493 e. The van der Waals surface area contributed by atoms with E-state index in [1.165, 1.54) is 25.3 Å². The van der Waals surface area contributed by atoms with Crippen molar-refractivity contribution >= 4 is 18.5 Å². The Morgan fingerprint density at radius 3 is 2.76 bits per heavy atom. The van der Waals surface area contributed by atoms with Gasteiger partial charge in [0.05, 0.1) is 13.7 Å². The number of rotatable bonds is 4. The number of benzene rings is 1. The van der Waals surface area contributed by atoms with Gasteiger partial charge in [-0.2, -0.15) is 0 Å². The number of hydrogen-bond acceptors (Lipinski definition) is 4. The topological polar surface area (TPSA) is 56.8 Å². The Morgan fingerprint density at radius 1 is 1.43 bits per heavy atom. The van der Waals surface area contributed by atoms with Crippen LogP contribution in [0.25, 0.3) is 0 Å². The molecule has 1 amide bonds. The number of hydrogen-bond donors (Lipinski definition) is 1. The molecule has 0 saturated carbocycles. The highest BCUT2D eigenvalue weighted by molar-refractivity contribution is 5.85. The Bertz CT molecular complexity index is 513. The zero-order valence-electron chi connectivity index (χ0n) is 11.5. The van der Waals surface area contributed by atoms with E-state index in [0.717, 1.165) is 0 Å². The molecule has 1 heterocycles. The standard InChI is InChI=1S/C13H15F2NO4.ClH/c1-3-19-9-5-4-8(6-10(9)18-2)11-13(14,15)7-20-12(17)16-11;/h4-6,11H,3,7H2,1-2H3,(H,16,17);1H/t11-;/m1./s1. The van der Waals surface area contributed by atoms with Crippen LogP contribution >= 0.6 is 12.4 Å². The van der Waals surface area contributed by atoms with Gasteiger partial charge in [-0.15, -0.1) is 12.4 Å². The molecule has 1 atom stereocenters. The lowest BCUT2D eigenvalue weighted by atomic mass is 9.99. The first kappa shape index (κ1) is 17.3. The van der Waals surface area contributed by atoms with Crippen LogP contribution < -0.4 is 14.8 Å². The molecule has 0 spiro atoms. The number of carbonyl (C=O) groups excluding carboxylic acids is 1. The van der Waals surface area contributed by atoms with E-state index in [0.29, 0.717) is 18.1 Å². The summed E-state index contributed by atoms with van der Waals surface area (Å²) in [6, 6.07) is 2.98. The van der Waals surface area contributed by atoms with Crippen LogP contribution in [0, 0.1) is 0 Å². The first-order chi connectivity index (χ1) is 9.47. The van der Waals surface area contributed by atoms with Gasteiger partial charge in [-0.05, 0) is 24.6 Å². The maximum Gasteiger partial charge on any atom is 0.408 e. The summed E-state index contributed by atoms with van der Waals surface area (Å²) in [6.45, 7) is 1.29. The third kappa shape index (κ3) is 3.66. The summed E-state index contributed by atoms with van der Waals surface area (Å²) >= 11 is 0. The molecule has 0 aromatic heterocycles. The van der Waals surface area contributed by atoms with E-state index in [4.69, 9.17) is 9.47 Å². The molecule has 5 nitrogen and oxygen atoms in total. The summed E-state index contributed by atoms with van der Waals surface area (Å²) < 4.78 is 42.3. The third-order valence-corrected chi connectivity index (χ3v) is 2.90. The summed E-state index contributed by atoms with van der Waals surface area (Å²) in [7, 11) is 1.42. The maximum absolute atomic E-state index is 13.8. The number of methoxy groups -OCH3 is 1. The molecule has 1 fully saturated rings. The molecule has 0 unspecified atom stereocenters. The molecule has 1 N–H and O–H groups in total. The molecule has 1 aliphatic rings. The predicted octanol–water partition coefficient (Wildman–Crippen LogP) is 2.93. The summed E-state index contributed by atoms with van der Waals surface area (Å²) in [4.78, 5) is 11.1. The first-order valence-corrected chi connectivity index (χ1v) is 6.09. The minimum Gasteiger partial charge on any atom is -0.493 e. The Labute approximate surface area is 127 Å². The fourth-order valence-corrected chi connectivity index (χ4v) is 1.98. The van der Waals surface area contributed by atoms with Crippen LogP contribution in [0.2, 0.25) is 0 Å². The highest BCUT2D eigenvalue weighted by Gasteiger charge is 2.47. The normalized spacial score (nSPS) is 19.8. The summed E-state index contributed by atoms with van der Waals surface area (Å²) in [5.41, 5.74) is 0.229. The minimum atomic E-state index is -3.19. The average molecular weight is 324 g/mol. The molecule has 1 saturated heterocycles. The molecule has 0 bridgehead atoms. The van der Waals surface area contributed by atoms with E-state index in [2.05, 4.69) is 10.1 Å². The van der Waals surface area contributed by atoms with E-state index in [-0.39, 0.29) is 18.0 Å². The molecule has 0 aliphatic carbocycles. The van der Waals surface area contributed by atoms with Crippen molar-refractivity contribution in [2.75, 3.05) is 20.3 Å². The van der Waals surface area contributed by atoms with Gasteiger partial charge in [-0.3, -0.25) is 0 Å². The highest BCUT2D eigenvalue weighted by atomic mass is 35.5. The second kappa shape index (κ2) is 6.80. The summed E-state index contributed by atoms with van der Waals surface area (Å²) in [6.07, 6.45) is -0.867. The summed E-state index contributed by atoms with van der Waals surface area (Å²) in [5.74, 6) is -2.40. The van der Waals surface area contributed by atoms with E-state index >= 15 is 0 Å². The molecule has 1 aromatic rings. The number of nitrogens with one attached hydrogen (secondary N) is 1. The van der Waals surface area contributed by atoms with Gasteiger partial charge in [-0.25, -0.2) is 13.6 Å². The molecule has 1 aromatic carbocycles. The molecular formula is C13H16ClF2NO4. The quantitative estimate of drug-likeness (QED) is 0.925. The number of carbonyl (C=O) groups is 1. The second-order valence-corrected chi connectivity index (χ2v) is 4.26. The molecule has 1 aliphatic heterocycles. The van der Waals surface area contributed by atoms with Crippen LogP contribution in [-0.4, -0.2) is 32.3 Å². The predicted molar refractivity (Wildman–Crippen MR) is 73.6 cm³/mol. The zero-order valence-corrected chi connectivity index (χ0v) is 12.3. The lowest BCUT2D eigenvalue weighted by Gasteiger charge is -2.32. The molecule has 118 valence electrons. The van der Waals surface area contributed by atoms with E-state index < -0.39 is 24.7 Å². The number of amides is 1. The van der Waals surface area contributed by atoms with Gasteiger partial charge < -0.3 is 19.5 Å². The zero-order chi connectivity index (χ0) is 14.8. The van der Waals surface area contributed by atoms with Gasteiger partial charge in [0.1, 0.15) is 6.04 Å². The van der Waals surface area contributed by atoms with Crippen LogP contribution in [0.15, 0.2) is 18.2 Å². The van der Waals surface area contributed by atoms with Crippen molar-refractivity contribution in [3.63, 3.8) is 0 Å². The fraction of sp³-hybridized carbons (Fsp3) is 0.462. The molecule has 0 radical (unpaired) electrons. The van der Waals surface area contributed by atoms with Crippen molar-refractivity contribution in [1.82, 2.24) is 5.32 Å². The third-order valence-electron chi connectivity index (χ3n) is 2.90. The van der Waals surface area contributed by atoms with Gasteiger partial charge in [0.25, 0.3) is 0 Å². The first-order valence-electron chi connectivity index (χ1n) is 6.09. The van der Waals surface area contributed by atoms with Crippen LogP contribution in [0.3, 0.4) is 0 Å². The SMILES string of the molecule is CCOc1ccc([C@H]2NC(=O)OCC2(F)F)cc1OC.Cl. The molecule has 21 heavy (non-hydrogen) atoms. The Morgan fingerprint density at radius 2 is 2.14 bits per heavy atom. The van der Waals surface area contributed by atoms with Gasteiger partial charge in [0, 0.05) is 0 Å². The van der Waals surface area contributed by atoms with Crippen molar-refractivity contribution in [3.05, 3.63) is 23.8 Å². The molecule has 8 heteroatoms. The van der Waals surface area contributed by atoms with Crippen LogP contribution in [0.4, 0.5) is 13.6 Å². The molecular weight excluding hydrogens is 308 g/mol. The lowest BCUT2D eigenvalue weighted by Crippen LogP contribution is -2.49. The van der Waals surface area contributed by atoms with Crippen molar-refractivity contribution in [3.8, 4) is 11.5 Å². The Balaban J connectivity index is 0.00000220. The number of alkyl carbamates (subject to hydrolysis) is 1. The highest BCUT2D eigenvalue weighted by Crippen LogP contribution is 2.38. The summed E-state index contributed by atoms with van der Waals surface area (Å²) in [5, 5.41) is 2.12. The lowest BCUT2D eigenvalue weighted by molar-refractivity contribution is -0.104. The second-order valence-electron chi connectivity index (χ2n) is 4.26. The van der Waals surface area contributed by atoms with Crippen molar-refractivity contribution in [2.24, 2.45) is 0 Å². The monoisotopic (exact) mass is 323 g/mol. The van der Waals surface area contributed by atoms with Gasteiger partial charge in [0.15, 0.2) is 18.1 Å². The smallest absolute Gasteiger partial charge is 0.408 e.